The van der Waals surface area contributed by atoms with Crippen LogP contribution in [0.3, 0.4) is 0 Å². The molecule has 0 aliphatic carbocycles. The van der Waals surface area contributed by atoms with Crippen LogP contribution in [0.25, 0.3) is 0 Å². The maximum absolute atomic E-state index is 11.7. The molecule has 3 heterocycles. The number of hydrogen-bond donors (Lipinski definition) is 0. The van der Waals surface area contributed by atoms with Gasteiger partial charge in [0.1, 0.15) is 0 Å². The number of rotatable bonds is 3. The Hall–Kier alpha value is -1.82. The van der Waals surface area contributed by atoms with Gasteiger partial charge >= 0.3 is 0 Å². The van der Waals surface area contributed by atoms with Crippen molar-refractivity contribution < 1.29 is 8.42 Å². The molecule has 2 aliphatic rings. The highest BCUT2D eigenvalue weighted by Crippen LogP contribution is 2.31. The van der Waals surface area contributed by atoms with Gasteiger partial charge in [-0.15, -0.1) is 0 Å². The fraction of sp³-hybridized carbons (Fsp3) is 0.500. The van der Waals surface area contributed by atoms with Crippen LogP contribution in [0.5, 0.6) is 0 Å². The van der Waals surface area contributed by atoms with Crippen molar-refractivity contribution in [1.82, 2.24) is 9.78 Å². The number of fused-ring (bicyclic) bond motifs is 1. The Bertz CT molecular complexity index is 843. The van der Waals surface area contributed by atoms with E-state index in [4.69, 9.17) is 0 Å². The van der Waals surface area contributed by atoms with Gasteiger partial charge in [0.25, 0.3) is 0 Å². The van der Waals surface area contributed by atoms with Crippen molar-refractivity contribution in [2.45, 2.75) is 32.4 Å². The van der Waals surface area contributed by atoms with E-state index in [1.54, 1.807) is 0 Å². The predicted octanol–water partition coefficient (Wildman–Crippen LogP) is 2.44. The van der Waals surface area contributed by atoms with Crippen molar-refractivity contribution in [2.75, 3.05) is 23.0 Å². The molecule has 2 atom stereocenters. The third-order valence-electron chi connectivity index (χ3n) is 5.04. The summed E-state index contributed by atoms with van der Waals surface area (Å²) in [7, 11) is -2.88. The highest BCUT2D eigenvalue weighted by atomic mass is 32.2. The van der Waals surface area contributed by atoms with Crippen molar-refractivity contribution in [3.8, 4) is 0 Å². The van der Waals surface area contributed by atoms with Gasteiger partial charge in [0.2, 0.25) is 0 Å². The Balaban J connectivity index is 1.53. The number of hydrogen-bond acceptors (Lipinski definition) is 4. The lowest BCUT2D eigenvalue weighted by atomic mass is 9.94. The van der Waals surface area contributed by atoms with E-state index in [-0.39, 0.29) is 17.5 Å². The first-order valence-corrected chi connectivity index (χ1v) is 10.4. The zero-order valence-electron chi connectivity index (χ0n) is 13.9. The number of para-hydroxylation sites is 1. The average Bonchev–Trinajstić information content (AvgIpc) is 3.13. The monoisotopic (exact) mass is 345 g/mol. The van der Waals surface area contributed by atoms with E-state index >= 15 is 0 Å². The maximum Gasteiger partial charge on any atom is 0.152 e. The van der Waals surface area contributed by atoms with Crippen LogP contribution in [-0.4, -0.2) is 36.2 Å². The Morgan fingerprint density at radius 2 is 2.12 bits per heavy atom. The summed E-state index contributed by atoms with van der Waals surface area (Å²) in [5.41, 5.74) is 3.86. The summed E-state index contributed by atoms with van der Waals surface area (Å²) in [6.45, 7) is 4.15. The van der Waals surface area contributed by atoms with E-state index in [2.05, 4.69) is 41.2 Å². The van der Waals surface area contributed by atoms with Gasteiger partial charge in [-0.25, -0.2) is 8.42 Å². The molecular formula is C18H23N3O2S. The molecule has 1 saturated heterocycles. The Kier molecular flexibility index (Phi) is 3.87. The van der Waals surface area contributed by atoms with Crippen molar-refractivity contribution in [3.05, 3.63) is 47.8 Å². The quantitative estimate of drug-likeness (QED) is 0.857. The molecule has 24 heavy (non-hydrogen) atoms. The number of nitrogens with zero attached hydrogens (tertiary/aromatic N) is 3. The van der Waals surface area contributed by atoms with E-state index < -0.39 is 9.84 Å². The summed E-state index contributed by atoms with van der Waals surface area (Å²) in [6, 6.07) is 8.60. The van der Waals surface area contributed by atoms with Crippen LogP contribution >= 0.6 is 0 Å². The van der Waals surface area contributed by atoms with Crippen LogP contribution in [-0.2, 0) is 22.8 Å². The second kappa shape index (κ2) is 5.92. The topological polar surface area (TPSA) is 55.2 Å². The molecule has 1 fully saturated rings. The molecule has 0 N–H and O–H groups in total. The summed E-state index contributed by atoms with van der Waals surface area (Å²) in [5, 5.41) is 4.43. The zero-order valence-corrected chi connectivity index (χ0v) is 14.7. The molecular weight excluding hydrogens is 322 g/mol. The van der Waals surface area contributed by atoms with E-state index in [1.165, 1.54) is 11.3 Å². The molecule has 2 aromatic rings. The Labute approximate surface area is 143 Å². The number of aromatic nitrogens is 2. The molecule has 128 valence electrons. The molecule has 1 aromatic heterocycles. The molecule has 0 unspecified atom stereocenters. The van der Waals surface area contributed by atoms with Crippen molar-refractivity contribution >= 4 is 15.5 Å². The van der Waals surface area contributed by atoms with E-state index in [1.807, 2.05) is 17.1 Å². The van der Waals surface area contributed by atoms with Gasteiger partial charge in [0.05, 0.1) is 23.7 Å². The first-order valence-electron chi connectivity index (χ1n) is 8.56. The Morgan fingerprint density at radius 3 is 2.92 bits per heavy atom. The van der Waals surface area contributed by atoms with Gasteiger partial charge in [-0.1, -0.05) is 25.1 Å². The maximum atomic E-state index is 11.7. The standard InChI is InChI=1S/C18H23N3O2S/c1-14-8-16-4-2-3-5-18(16)20(10-14)11-15-9-19-21(12-15)17-6-7-24(22,23)13-17/h2-5,9,12,14,17H,6-8,10-11,13H2,1H3/t14-,17-/m1/s1. The highest BCUT2D eigenvalue weighted by molar-refractivity contribution is 7.91. The normalized spacial score (nSPS) is 25.6. The summed E-state index contributed by atoms with van der Waals surface area (Å²) in [4.78, 5) is 2.41. The largest absolute Gasteiger partial charge is 0.367 e. The molecule has 0 radical (unpaired) electrons. The summed E-state index contributed by atoms with van der Waals surface area (Å²) >= 11 is 0. The molecule has 5 nitrogen and oxygen atoms in total. The molecule has 0 bridgehead atoms. The lowest BCUT2D eigenvalue weighted by Gasteiger charge is -2.34. The first kappa shape index (κ1) is 15.7. The molecule has 2 aliphatic heterocycles. The second-order valence-electron chi connectivity index (χ2n) is 7.20. The minimum atomic E-state index is -2.88. The highest BCUT2D eigenvalue weighted by Gasteiger charge is 2.30. The van der Waals surface area contributed by atoms with Crippen LogP contribution in [0.15, 0.2) is 36.7 Å². The van der Waals surface area contributed by atoms with Gasteiger partial charge in [-0.2, -0.15) is 5.10 Å². The van der Waals surface area contributed by atoms with Crippen molar-refractivity contribution in [2.24, 2.45) is 5.92 Å². The van der Waals surface area contributed by atoms with Crippen LogP contribution in [0.2, 0.25) is 0 Å². The number of anilines is 1. The van der Waals surface area contributed by atoms with Crippen LogP contribution in [0, 0.1) is 5.92 Å². The van der Waals surface area contributed by atoms with Gasteiger partial charge in [-0.05, 0) is 30.4 Å². The van der Waals surface area contributed by atoms with Gasteiger partial charge in [-0.3, -0.25) is 4.68 Å². The number of sulfone groups is 1. The van der Waals surface area contributed by atoms with Gasteiger partial charge in [0.15, 0.2) is 9.84 Å². The minimum absolute atomic E-state index is 0.00341. The lowest BCUT2D eigenvalue weighted by Crippen LogP contribution is -2.33. The number of benzene rings is 1. The fourth-order valence-electron chi connectivity index (χ4n) is 3.92. The van der Waals surface area contributed by atoms with Crippen LogP contribution < -0.4 is 4.90 Å². The smallest absolute Gasteiger partial charge is 0.152 e. The molecule has 0 saturated carbocycles. The summed E-state index contributed by atoms with van der Waals surface area (Å²) in [5.74, 6) is 1.14. The van der Waals surface area contributed by atoms with Crippen molar-refractivity contribution in [3.63, 3.8) is 0 Å². The third kappa shape index (κ3) is 3.07. The van der Waals surface area contributed by atoms with Gasteiger partial charge in [0, 0.05) is 30.5 Å². The molecule has 0 amide bonds. The third-order valence-corrected chi connectivity index (χ3v) is 6.79. The SMILES string of the molecule is C[C@@H]1Cc2ccccc2N(Cc2cnn([C@@H]3CCS(=O)(=O)C3)c2)C1. The first-order chi connectivity index (χ1) is 11.5. The molecule has 6 heteroatoms. The van der Waals surface area contributed by atoms with Crippen LogP contribution in [0.1, 0.15) is 30.5 Å². The van der Waals surface area contributed by atoms with Crippen LogP contribution in [0.4, 0.5) is 5.69 Å². The van der Waals surface area contributed by atoms with Crippen molar-refractivity contribution in [1.29, 1.82) is 0 Å². The molecule has 4 rings (SSSR count). The predicted molar refractivity (Wildman–Crippen MR) is 94.9 cm³/mol. The molecule has 1 aromatic carbocycles. The zero-order chi connectivity index (χ0) is 16.7. The fourth-order valence-corrected chi connectivity index (χ4v) is 5.62. The lowest BCUT2D eigenvalue weighted by molar-refractivity contribution is 0.498. The Morgan fingerprint density at radius 1 is 1.29 bits per heavy atom. The summed E-state index contributed by atoms with van der Waals surface area (Å²) in [6.07, 6.45) is 5.71. The molecule has 0 spiro atoms. The van der Waals surface area contributed by atoms with E-state index in [0.29, 0.717) is 12.3 Å². The van der Waals surface area contributed by atoms with E-state index in [9.17, 15) is 8.42 Å². The summed E-state index contributed by atoms with van der Waals surface area (Å²) < 4.78 is 25.2. The van der Waals surface area contributed by atoms with Gasteiger partial charge < -0.3 is 4.90 Å². The average molecular weight is 345 g/mol. The minimum Gasteiger partial charge on any atom is -0.367 e. The van der Waals surface area contributed by atoms with E-state index in [0.717, 1.165) is 25.1 Å². The second-order valence-corrected chi connectivity index (χ2v) is 9.43.